The first-order valence-corrected chi connectivity index (χ1v) is 10.5. The van der Waals surface area contributed by atoms with E-state index in [0.29, 0.717) is 48.9 Å². The molecule has 2 aromatic carbocycles. The second kappa shape index (κ2) is 9.39. The summed E-state index contributed by atoms with van der Waals surface area (Å²) in [7, 11) is 0. The normalized spacial score (nSPS) is 14.7. The van der Waals surface area contributed by atoms with Crippen LogP contribution in [0.15, 0.2) is 40.9 Å². The van der Waals surface area contributed by atoms with Crippen molar-refractivity contribution in [2.24, 2.45) is 5.92 Å². The lowest BCUT2D eigenvalue weighted by Gasteiger charge is -2.31. The average Bonchev–Trinajstić information content (AvgIpc) is 2.71. The lowest BCUT2D eigenvalue weighted by molar-refractivity contribution is -0.126. The van der Waals surface area contributed by atoms with E-state index in [9.17, 15) is 19.1 Å². The molecule has 1 aliphatic heterocycles. The van der Waals surface area contributed by atoms with Crippen LogP contribution in [0.4, 0.5) is 4.39 Å². The number of amides is 2. The molecule has 0 aromatic heterocycles. The zero-order valence-corrected chi connectivity index (χ0v) is 17.8. The first-order valence-electron chi connectivity index (χ1n) is 9.66. The Balaban J connectivity index is 1.50. The highest BCUT2D eigenvalue weighted by atomic mass is 79.9. The Bertz CT molecular complexity index is 911. The predicted molar refractivity (Wildman–Crippen MR) is 112 cm³/mol. The number of benzene rings is 2. The van der Waals surface area contributed by atoms with Crippen LogP contribution in [0, 0.1) is 18.7 Å². The lowest BCUT2D eigenvalue weighted by atomic mass is 9.95. The van der Waals surface area contributed by atoms with Crippen molar-refractivity contribution in [1.82, 2.24) is 10.2 Å². The number of nitrogens with zero attached hydrogens (tertiary/aromatic N) is 1. The second-order valence-corrected chi connectivity index (χ2v) is 8.20. The molecule has 1 saturated heterocycles. The molecular weight excluding hydrogens is 439 g/mol. The Morgan fingerprint density at radius 1 is 1.24 bits per heavy atom. The maximum absolute atomic E-state index is 13.6. The van der Waals surface area contributed by atoms with Gasteiger partial charge in [-0.3, -0.25) is 9.59 Å². The molecule has 1 aliphatic rings. The van der Waals surface area contributed by atoms with Gasteiger partial charge in [-0.1, -0.05) is 18.2 Å². The summed E-state index contributed by atoms with van der Waals surface area (Å²) in [6, 6.07) is 9.96. The Morgan fingerprint density at radius 3 is 2.62 bits per heavy atom. The van der Waals surface area contributed by atoms with Crippen molar-refractivity contribution in [3.63, 3.8) is 0 Å². The SMILES string of the molecule is Cc1cc(Br)c(O)c(C(=O)N2CCC(C(=O)NCCc3ccccc3F)CC2)c1. The molecule has 2 N–H and O–H groups in total. The molecule has 2 aromatic rings. The van der Waals surface area contributed by atoms with Crippen LogP contribution in [0.2, 0.25) is 0 Å². The van der Waals surface area contributed by atoms with Crippen molar-refractivity contribution in [1.29, 1.82) is 0 Å². The van der Waals surface area contributed by atoms with E-state index in [0.717, 1.165) is 5.56 Å². The standard InChI is InChI=1S/C22H24BrFN2O3/c1-14-12-17(20(27)18(23)13-14)22(29)26-10-7-16(8-11-26)21(28)25-9-6-15-4-2-3-5-19(15)24/h2-5,12-13,16,27H,6-11H2,1H3,(H,25,28). The summed E-state index contributed by atoms with van der Waals surface area (Å²) in [5.74, 6) is -0.786. The fraction of sp³-hybridized carbons (Fsp3) is 0.364. The van der Waals surface area contributed by atoms with E-state index in [1.807, 2.05) is 6.92 Å². The highest BCUT2D eigenvalue weighted by Gasteiger charge is 2.29. The van der Waals surface area contributed by atoms with Gasteiger partial charge in [-0.15, -0.1) is 0 Å². The number of aromatic hydroxyl groups is 1. The number of carbonyl (C=O) groups excluding carboxylic acids is 2. The van der Waals surface area contributed by atoms with E-state index in [-0.39, 0.29) is 34.9 Å². The number of carbonyl (C=O) groups is 2. The Morgan fingerprint density at radius 2 is 1.93 bits per heavy atom. The van der Waals surface area contributed by atoms with E-state index in [1.54, 1.807) is 35.2 Å². The molecule has 3 rings (SSSR count). The van der Waals surface area contributed by atoms with Crippen molar-refractivity contribution in [2.75, 3.05) is 19.6 Å². The summed E-state index contributed by atoms with van der Waals surface area (Å²) < 4.78 is 14.1. The van der Waals surface area contributed by atoms with Crippen LogP contribution in [0.3, 0.4) is 0 Å². The number of phenols is 1. The van der Waals surface area contributed by atoms with Crippen molar-refractivity contribution < 1.29 is 19.1 Å². The number of aryl methyl sites for hydroxylation is 1. The largest absolute Gasteiger partial charge is 0.506 e. The zero-order chi connectivity index (χ0) is 21.0. The number of nitrogens with one attached hydrogen (secondary N) is 1. The van der Waals surface area contributed by atoms with Gasteiger partial charge in [-0.05, 0) is 71.4 Å². The molecule has 2 amide bonds. The third-order valence-electron chi connectivity index (χ3n) is 5.24. The van der Waals surface area contributed by atoms with Gasteiger partial charge >= 0.3 is 0 Å². The third kappa shape index (κ3) is 5.15. The molecule has 29 heavy (non-hydrogen) atoms. The van der Waals surface area contributed by atoms with Crippen LogP contribution >= 0.6 is 15.9 Å². The molecule has 0 unspecified atom stereocenters. The molecule has 5 nitrogen and oxygen atoms in total. The summed E-state index contributed by atoms with van der Waals surface area (Å²) in [4.78, 5) is 26.9. The minimum atomic E-state index is -0.264. The highest BCUT2D eigenvalue weighted by Crippen LogP contribution is 2.31. The monoisotopic (exact) mass is 462 g/mol. The molecule has 0 bridgehead atoms. The maximum atomic E-state index is 13.6. The number of phenolic OH excluding ortho intramolecular Hbond substituents is 1. The van der Waals surface area contributed by atoms with E-state index >= 15 is 0 Å². The van der Waals surface area contributed by atoms with Gasteiger partial charge in [0.15, 0.2) is 0 Å². The molecule has 0 atom stereocenters. The molecule has 0 radical (unpaired) electrons. The Kier molecular flexibility index (Phi) is 6.90. The van der Waals surface area contributed by atoms with E-state index in [4.69, 9.17) is 0 Å². The summed E-state index contributed by atoms with van der Waals surface area (Å²) in [5, 5.41) is 13.1. The first kappa shape index (κ1) is 21.3. The topological polar surface area (TPSA) is 69.6 Å². The number of halogens is 2. The minimum Gasteiger partial charge on any atom is -0.506 e. The summed E-state index contributed by atoms with van der Waals surface area (Å²) in [6.45, 7) is 3.15. The van der Waals surface area contributed by atoms with Gasteiger partial charge in [0.25, 0.3) is 5.91 Å². The van der Waals surface area contributed by atoms with Crippen molar-refractivity contribution in [3.05, 3.63) is 63.4 Å². The van der Waals surface area contributed by atoms with Gasteiger partial charge in [0.1, 0.15) is 11.6 Å². The van der Waals surface area contributed by atoms with Crippen molar-refractivity contribution in [2.45, 2.75) is 26.2 Å². The molecular formula is C22H24BrFN2O3. The van der Waals surface area contributed by atoms with E-state index < -0.39 is 0 Å². The minimum absolute atomic E-state index is 0.0606. The number of likely N-dealkylation sites (tertiary alicyclic amines) is 1. The van der Waals surface area contributed by atoms with Crippen LogP contribution in [0.1, 0.15) is 34.3 Å². The molecule has 1 heterocycles. The number of hydrogen-bond acceptors (Lipinski definition) is 3. The average molecular weight is 463 g/mol. The summed E-state index contributed by atoms with van der Waals surface area (Å²) >= 11 is 3.27. The number of hydrogen-bond donors (Lipinski definition) is 2. The highest BCUT2D eigenvalue weighted by molar-refractivity contribution is 9.10. The molecule has 154 valence electrons. The maximum Gasteiger partial charge on any atom is 0.257 e. The summed E-state index contributed by atoms with van der Waals surface area (Å²) in [6.07, 6.45) is 1.56. The Labute approximate surface area is 178 Å². The van der Waals surface area contributed by atoms with Gasteiger partial charge in [0.05, 0.1) is 10.0 Å². The fourth-order valence-electron chi connectivity index (χ4n) is 3.58. The van der Waals surface area contributed by atoms with Crippen LogP contribution in [-0.2, 0) is 11.2 Å². The lowest BCUT2D eigenvalue weighted by Crippen LogP contribution is -2.43. The second-order valence-electron chi connectivity index (χ2n) is 7.34. The quantitative estimate of drug-likeness (QED) is 0.709. The first-order chi connectivity index (χ1) is 13.9. The Hall–Kier alpha value is -2.41. The van der Waals surface area contributed by atoms with Gasteiger partial charge < -0.3 is 15.3 Å². The fourth-order valence-corrected chi connectivity index (χ4v) is 4.15. The van der Waals surface area contributed by atoms with Crippen LogP contribution in [0.5, 0.6) is 5.75 Å². The zero-order valence-electron chi connectivity index (χ0n) is 16.3. The van der Waals surface area contributed by atoms with Crippen molar-refractivity contribution >= 4 is 27.7 Å². The smallest absolute Gasteiger partial charge is 0.257 e. The van der Waals surface area contributed by atoms with Crippen LogP contribution < -0.4 is 5.32 Å². The molecule has 7 heteroatoms. The molecule has 0 spiro atoms. The molecule has 0 aliphatic carbocycles. The summed E-state index contributed by atoms with van der Waals surface area (Å²) in [5.41, 5.74) is 1.73. The van der Waals surface area contributed by atoms with Gasteiger partial charge in [-0.2, -0.15) is 0 Å². The van der Waals surface area contributed by atoms with Gasteiger partial charge in [-0.25, -0.2) is 4.39 Å². The van der Waals surface area contributed by atoms with Gasteiger partial charge in [0, 0.05) is 25.6 Å². The third-order valence-corrected chi connectivity index (χ3v) is 5.85. The van der Waals surface area contributed by atoms with E-state index in [1.165, 1.54) is 6.07 Å². The van der Waals surface area contributed by atoms with Crippen LogP contribution in [0.25, 0.3) is 0 Å². The number of rotatable bonds is 5. The van der Waals surface area contributed by atoms with Crippen LogP contribution in [-0.4, -0.2) is 41.5 Å². The van der Waals surface area contributed by atoms with E-state index in [2.05, 4.69) is 21.2 Å². The van der Waals surface area contributed by atoms with Gasteiger partial charge in [0.2, 0.25) is 5.91 Å². The predicted octanol–water partition coefficient (Wildman–Crippen LogP) is 3.81. The van der Waals surface area contributed by atoms with Crippen molar-refractivity contribution in [3.8, 4) is 5.75 Å². The molecule has 0 saturated carbocycles. The molecule has 1 fully saturated rings. The number of piperidine rings is 1.